The van der Waals surface area contributed by atoms with Crippen molar-refractivity contribution in [1.29, 1.82) is 0 Å². The highest BCUT2D eigenvalue weighted by Gasteiger charge is 2.19. The number of ether oxygens (including phenoxy) is 1. The minimum Gasteiger partial charge on any atom is -0.493 e. The van der Waals surface area contributed by atoms with Gasteiger partial charge >= 0.3 is 0 Å². The van der Waals surface area contributed by atoms with Gasteiger partial charge in [0.2, 0.25) is 0 Å². The number of aryl methyl sites for hydroxylation is 1. The molecule has 0 aromatic carbocycles. The van der Waals surface area contributed by atoms with Crippen LogP contribution in [0.15, 0.2) is 6.20 Å². The van der Waals surface area contributed by atoms with Gasteiger partial charge in [0, 0.05) is 7.05 Å². The summed E-state index contributed by atoms with van der Waals surface area (Å²) in [6, 6.07) is 0.310. The van der Waals surface area contributed by atoms with Crippen molar-refractivity contribution in [2.75, 3.05) is 14.2 Å². The Bertz CT molecular complexity index is 320. The third-order valence-electron chi connectivity index (χ3n) is 2.88. The third kappa shape index (κ3) is 2.98. The second-order valence-electron chi connectivity index (χ2n) is 4.53. The highest BCUT2D eigenvalue weighted by molar-refractivity contribution is 5.28. The summed E-state index contributed by atoms with van der Waals surface area (Å²) in [4.78, 5) is 0. The monoisotopic (exact) mass is 225 g/mol. The smallest absolute Gasteiger partial charge is 0.161 e. The van der Waals surface area contributed by atoms with Gasteiger partial charge in [-0.15, -0.1) is 0 Å². The molecule has 1 aromatic rings. The Hall–Kier alpha value is -1.03. The van der Waals surface area contributed by atoms with Crippen LogP contribution in [0.25, 0.3) is 0 Å². The molecule has 0 amide bonds. The predicted octanol–water partition coefficient (Wildman–Crippen LogP) is 2.13. The lowest BCUT2D eigenvalue weighted by Crippen LogP contribution is -2.20. The molecule has 0 radical (unpaired) electrons. The number of nitrogens with zero attached hydrogens (tertiary/aromatic N) is 2. The first kappa shape index (κ1) is 13.0. The summed E-state index contributed by atoms with van der Waals surface area (Å²) in [6.45, 7) is 4.49. The fourth-order valence-corrected chi connectivity index (χ4v) is 1.90. The minimum atomic E-state index is 0.310. The van der Waals surface area contributed by atoms with E-state index in [4.69, 9.17) is 4.74 Å². The van der Waals surface area contributed by atoms with E-state index in [1.165, 1.54) is 6.42 Å². The summed E-state index contributed by atoms with van der Waals surface area (Å²) in [5.41, 5.74) is 1.13. The van der Waals surface area contributed by atoms with Gasteiger partial charge in [-0.1, -0.05) is 13.8 Å². The second-order valence-corrected chi connectivity index (χ2v) is 4.53. The SMILES string of the molecule is CNC(CCC(C)C)c1c(OC)cnn1C. The maximum absolute atomic E-state index is 5.33. The maximum Gasteiger partial charge on any atom is 0.161 e. The normalized spacial score (nSPS) is 13.1. The number of rotatable bonds is 6. The molecule has 4 heteroatoms. The van der Waals surface area contributed by atoms with Crippen LogP contribution in [0.4, 0.5) is 0 Å². The largest absolute Gasteiger partial charge is 0.493 e. The summed E-state index contributed by atoms with van der Waals surface area (Å²) in [5.74, 6) is 1.58. The van der Waals surface area contributed by atoms with Crippen LogP contribution in [-0.4, -0.2) is 23.9 Å². The maximum atomic E-state index is 5.33. The first-order valence-corrected chi connectivity index (χ1v) is 5.83. The molecule has 1 atom stereocenters. The highest BCUT2D eigenvalue weighted by Crippen LogP contribution is 2.28. The van der Waals surface area contributed by atoms with Gasteiger partial charge in [0.1, 0.15) is 0 Å². The lowest BCUT2D eigenvalue weighted by Gasteiger charge is -2.18. The zero-order valence-electron chi connectivity index (χ0n) is 10.9. The third-order valence-corrected chi connectivity index (χ3v) is 2.88. The van der Waals surface area contributed by atoms with Crippen molar-refractivity contribution in [1.82, 2.24) is 15.1 Å². The minimum absolute atomic E-state index is 0.310. The molecule has 92 valence electrons. The van der Waals surface area contributed by atoms with Crippen molar-refractivity contribution in [3.63, 3.8) is 0 Å². The van der Waals surface area contributed by atoms with E-state index in [0.717, 1.165) is 23.8 Å². The molecule has 1 N–H and O–H groups in total. The van der Waals surface area contributed by atoms with Crippen molar-refractivity contribution in [2.24, 2.45) is 13.0 Å². The zero-order valence-corrected chi connectivity index (χ0v) is 10.9. The van der Waals surface area contributed by atoms with Crippen molar-refractivity contribution in [2.45, 2.75) is 32.7 Å². The van der Waals surface area contributed by atoms with E-state index >= 15 is 0 Å². The van der Waals surface area contributed by atoms with Crippen molar-refractivity contribution in [3.05, 3.63) is 11.9 Å². The second kappa shape index (κ2) is 5.89. The van der Waals surface area contributed by atoms with Crippen LogP contribution in [0.3, 0.4) is 0 Å². The number of nitrogens with one attached hydrogen (secondary N) is 1. The van der Waals surface area contributed by atoms with Gasteiger partial charge in [-0.2, -0.15) is 5.10 Å². The molecule has 1 rings (SSSR count). The van der Waals surface area contributed by atoms with E-state index in [9.17, 15) is 0 Å². The van der Waals surface area contributed by atoms with Crippen molar-refractivity contribution >= 4 is 0 Å². The van der Waals surface area contributed by atoms with E-state index in [-0.39, 0.29) is 0 Å². The first-order valence-electron chi connectivity index (χ1n) is 5.83. The Labute approximate surface area is 98.0 Å². The molecule has 0 saturated heterocycles. The number of aromatic nitrogens is 2. The van der Waals surface area contributed by atoms with Gasteiger partial charge in [-0.05, 0) is 25.8 Å². The molecule has 0 fully saturated rings. The van der Waals surface area contributed by atoms with Gasteiger partial charge in [0.05, 0.1) is 25.0 Å². The number of hydrogen-bond donors (Lipinski definition) is 1. The molecular formula is C12H23N3O. The quantitative estimate of drug-likeness (QED) is 0.806. The molecule has 0 aliphatic rings. The molecule has 1 unspecified atom stereocenters. The van der Waals surface area contributed by atoms with Crippen LogP contribution in [0.5, 0.6) is 5.75 Å². The molecule has 0 aliphatic heterocycles. The van der Waals surface area contributed by atoms with Crippen LogP contribution >= 0.6 is 0 Å². The van der Waals surface area contributed by atoms with Gasteiger partial charge in [-0.25, -0.2) is 0 Å². The lowest BCUT2D eigenvalue weighted by atomic mass is 10.0. The molecule has 1 heterocycles. The molecule has 0 bridgehead atoms. The number of hydrogen-bond acceptors (Lipinski definition) is 3. The molecule has 0 spiro atoms. The van der Waals surface area contributed by atoms with E-state index in [0.29, 0.717) is 6.04 Å². The van der Waals surface area contributed by atoms with E-state index in [1.54, 1.807) is 13.3 Å². The van der Waals surface area contributed by atoms with Gasteiger partial charge in [0.25, 0.3) is 0 Å². The Morgan fingerprint density at radius 2 is 2.12 bits per heavy atom. The Morgan fingerprint density at radius 1 is 1.44 bits per heavy atom. The first-order chi connectivity index (χ1) is 7.60. The van der Waals surface area contributed by atoms with Crippen LogP contribution in [-0.2, 0) is 7.05 Å². The van der Waals surface area contributed by atoms with E-state index in [1.807, 2.05) is 18.8 Å². The lowest BCUT2D eigenvalue weighted by molar-refractivity contribution is 0.385. The van der Waals surface area contributed by atoms with Crippen molar-refractivity contribution in [3.8, 4) is 5.75 Å². The average Bonchev–Trinajstić information content (AvgIpc) is 2.61. The van der Waals surface area contributed by atoms with Gasteiger partial charge < -0.3 is 10.1 Å². The molecule has 0 aliphatic carbocycles. The van der Waals surface area contributed by atoms with E-state index < -0.39 is 0 Å². The van der Waals surface area contributed by atoms with E-state index in [2.05, 4.69) is 24.3 Å². The van der Waals surface area contributed by atoms with Gasteiger partial charge in [0.15, 0.2) is 5.75 Å². The highest BCUT2D eigenvalue weighted by atomic mass is 16.5. The Morgan fingerprint density at radius 3 is 2.62 bits per heavy atom. The Balaban J connectivity index is 2.81. The van der Waals surface area contributed by atoms with Crippen molar-refractivity contribution < 1.29 is 4.74 Å². The van der Waals surface area contributed by atoms with Crippen LogP contribution in [0.2, 0.25) is 0 Å². The summed E-state index contributed by atoms with van der Waals surface area (Å²) >= 11 is 0. The van der Waals surface area contributed by atoms with Crippen LogP contribution in [0, 0.1) is 5.92 Å². The number of methoxy groups -OCH3 is 1. The molecule has 16 heavy (non-hydrogen) atoms. The van der Waals surface area contributed by atoms with Crippen LogP contribution < -0.4 is 10.1 Å². The topological polar surface area (TPSA) is 39.1 Å². The average molecular weight is 225 g/mol. The fourth-order valence-electron chi connectivity index (χ4n) is 1.90. The molecular weight excluding hydrogens is 202 g/mol. The standard InChI is InChI=1S/C12H23N3O/c1-9(2)6-7-10(13-3)12-11(16-5)8-14-15(12)4/h8-10,13H,6-7H2,1-5H3. The summed E-state index contributed by atoms with van der Waals surface area (Å²) in [7, 11) is 5.63. The zero-order chi connectivity index (χ0) is 12.1. The fraction of sp³-hybridized carbons (Fsp3) is 0.750. The summed E-state index contributed by atoms with van der Waals surface area (Å²) < 4.78 is 7.22. The summed E-state index contributed by atoms with van der Waals surface area (Å²) in [6.07, 6.45) is 4.07. The van der Waals surface area contributed by atoms with Crippen LogP contribution in [0.1, 0.15) is 38.4 Å². The van der Waals surface area contributed by atoms with Gasteiger partial charge in [-0.3, -0.25) is 4.68 Å². The molecule has 0 saturated carbocycles. The Kier molecular flexibility index (Phi) is 4.80. The predicted molar refractivity (Wildman–Crippen MR) is 65.6 cm³/mol. The molecule has 1 aromatic heterocycles. The summed E-state index contributed by atoms with van der Waals surface area (Å²) in [5, 5.41) is 7.57. The molecule has 4 nitrogen and oxygen atoms in total.